The zero-order valence-electron chi connectivity index (χ0n) is 19.2. The third-order valence-corrected chi connectivity index (χ3v) is 5.65. The molecule has 1 aromatic heterocycles. The number of aromatic nitrogens is 1. The zero-order valence-corrected chi connectivity index (χ0v) is 19.2. The van der Waals surface area contributed by atoms with E-state index in [1.165, 1.54) is 12.1 Å². The molecule has 0 saturated carbocycles. The van der Waals surface area contributed by atoms with Crippen molar-refractivity contribution in [3.05, 3.63) is 138 Å². The highest BCUT2D eigenvalue weighted by atomic mass is 19.1. The van der Waals surface area contributed by atoms with Gasteiger partial charge in [-0.05, 0) is 40.5 Å². The number of carbonyl (C=O) groups excluding carboxylic acids is 2. The van der Waals surface area contributed by atoms with Crippen LogP contribution in [0.25, 0.3) is 0 Å². The molecular formula is C29H26FN3O2. The van der Waals surface area contributed by atoms with Crippen molar-refractivity contribution in [1.82, 2.24) is 15.2 Å². The van der Waals surface area contributed by atoms with Crippen molar-refractivity contribution < 1.29 is 14.0 Å². The van der Waals surface area contributed by atoms with E-state index in [-0.39, 0.29) is 37.1 Å². The minimum atomic E-state index is -0.867. The number of halogens is 1. The monoisotopic (exact) mass is 467 g/mol. The summed E-state index contributed by atoms with van der Waals surface area (Å²) in [6, 6.07) is 27.4. The first kappa shape index (κ1) is 23.8. The van der Waals surface area contributed by atoms with Crippen molar-refractivity contribution in [3.8, 4) is 0 Å². The van der Waals surface area contributed by atoms with Gasteiger partial charge >= 0.3 is 0 Å². The molecule has 0 spiro atoms. The number of carbonyl (C=O) groups is 2. The largest absolute Gasteiger partial charge is 0.350 e. The summed E-state index contributed by atoms with van der Waals surface area (Å²) < 4.78 is 13.5. The van der Waals surface area contributed by atoms with E-state index in [2.05, 4.69) is 10.3 Å². The number of pyridine rings is 1. The Hall–Kier alpha value is -4.32. The second-order valence-corrected chi connectivity index (χ2v) is 8.20. The van der Waals surface area contributed by atoms with Crippen molar-refractivity contribution in [2.75, 3.05) is 0 Å². The van der Waals surface area contributed by atoms with Gasteiger partial charge in [0, 0.05) is 25.5 Å². The van der Waals surface area contributed by atoms with Crippen LogP contribution in [0, 0.1) is 5.82 Å². The summed E-state index contributed by atoms with van der Waals surface area (Å²) >= 11 is 0. The number of amides is 2. The molecule has 0 aliphatic rings. The van der Waals surface area contributed by atoms with Gasteiger partial charge in [0.1, 0.15) is 11.9 Å². The molecule has 3 aromatic carbocycles. The maximum Gasteiger partial charge on any atom is 0.247 e. The van der Waals surface area contributed by atoms with Crippen LogP contribution in [0.5, 0.6) is 0 Å². The van der Waals surface area contributed by atoms with Crippen molar-refractivity contribution >= 4 is 11.8 Å². The molecule has 1 N–H and O–H groups in total. The maximum absolute atomic E-state index is 13.6. The molecule has 1 heterocycles. The average Bonchev–Trinajstić information content (AvgIpc) is 2.90. The average molecular weight is 468 g/mol. The van der Waals surface area contributed by atoms with Gasteiger partial charge in [-0.25, -0.2) is 4.39 Å². The Bertz CT molecular complexity index is 1230. The SMILES string of the molecule is O=C(NCc1cccnc1)[C@H](c1ccccc1)N(Cc1ccc(F)cc1)C(=O)Cc1ccccc1. The third kappa shape index (κ3) is 6.60. The first-order valence-corrected chi connectivity index (χ1v) is 11.4. The highest BCUT2D eigenvalue weighted by molar-refractivity contribution is 5.89. The fraction of sp³-hybridized carbons (Fsp3) is 0.138. The van der Waals surface area contributed by atoms with Crippen LogP contribution in [-0.4, -0.2) is 21.7 Å². The Morgan fingerprint density at radius 2 is 1.46 bits per heavy atom. The van der Waals surface area contributed by atoms with Gasteiger partial charge in [-0.2, -0.15) is 0 Å². The molecule has 0 saturated heterocycles. The summed E-state index contributed by atoms with van der Waals surface area (Å²) in [5.41, 5.74) is 3.13. The van der Waals surface area contributed by atoms with Crippen molar-refractivity contribution in [2.24, 2.45) is 0 Å². The van der Waals surface area contributed by atoms with E-state index >= 15 is 0 Å². The van der Waals surface area contributed by atoms with Gasteiger partial charge in [0.25, 0.3) is 0 Å². The van der Waals surface area contributed by atoms with Gasteiger partial charge in [-0.15, -0.1) is 0 Å². The molecule has 176 valence electrons. The van der Waals surface area contributed by atoms with Crippen LogP contribution in [-0.2, 0) is 29.1 Å². The first-order valence-electron chi connectivity index (χ1n) is 11.4. The number of nitrogens with zero attached hydrogens (tertiary/aromatic N) is 2. The number of hydrogen-bond acceptors (Lipinski definition) is 3. The van der Waals surface area contributed by atoms with Gasteiger partial charge in [0.15, 0.2) is 0 Å². The molecule has 5 nitrogen and oxygen atoms in total. The minimum absolute atomic E-state index is 0.140. The Labute approximate surface area is 204 Å². The predicted octanol–water partition coefficient (Wildman–Crippen LogP) is 4.85. The van der Waals surface area contributed by atoms with Crippen LogP contribution in [0.15, 0.2) is 109 Å². The Balaban J connectivity index is 1.66. The van der Waals surface area contributed by atoms with Crippen molar-refractivity contribution in [2.45, 2.75) is 25.6 Å². The molecular weight excluding hydrogens is 441 g/mol. The molecule has 35 heavy (non-hydrogen) atoms. The van der Waals surface area contributed by atoms with Crippen LogP contribution in [0.4, 0.5) is 4.39 Å². The van der Waals surface area contributed by atoms with Crippen LogP contribution in [0.1, 0.15) is 28.3 Å². The third-order valence-electron chi connectivity index (χ3n) is 5.65. The van der Waals surface area contributed by atoms with E-state index in [0.717, 1.165) is 16.7 Å². The van der Waals surface area contributed by atoms with Gasteiger partial charge in [-0.3, -0.25) is 14.6 Å². The molecule has 4 aromatic rings. The topological polar surface area (TPSA) is 62.3 Å². The maximum atomic E-state index is 13.6. The molecule has 1 atom stereocenters. The van der Waals surface area contributed by atoms with Crippen LogP contribution in [0.3, 0.4) is 0 Å². The predicted molar refractivity (Wildman–Crippen MR) is 132 cm³/mol. The highest BCUT2D eigenvalue weighted by Gasteiger charge is 2.31. The van der Waals surface area contributed by atoms with E-state index in [1.54, 1.807) is 35.5 Å². The minimum Gasteiger partial charge on any atom is -0.350 e. The molecule has 2 amide bonds. The summed E-state index contributed by atoms with van der Waals surface area (Å²) in [6.07, 6.45) is 3.50. The lowest BCUT2D eigenvalue weighted by molar-refractivity contribution is -0.141. The summed E-state index contributed by atoms with van der Waals surface area (Å²) in [7, 11) is 0. The van der Waals surface area contributed by atoms with Gasteiger partial charge < -0.3 is 10.2 Å². The lowest BCUT2D eigenvalue weighted by Gasteiger charge is -2.32. The highest BCUT2D eigenvalue weighted by Crippen LogP contribution is 2.25. The standard InChI is InChI=1S/C29H26FN3O2/c30-26-15-13-23(14-16-26)21-33(27(34)18-22-8-3-1-4-9-22)28(25-11-5-2-6-12-25)29(35)32-20-24-10-7-17-31-19-24/h1-17,19,28H,18,20-21H2,(H,32,35)/t28-/m0/s1. The molecule has 4 rings (SSSR count). The van der Waals surface area contributed by atoms with E-state index in [4.69, 9.17) is 0 Å². The number of hydrogen-bond donors (Lipinski definition) is 1. The van der Waals surface area contributed by atoms with E-state index < -0.39 is 6.04 Å². The number of rotatable bonds is 9. The second-order valence-electron chi connectivity index (χ2n) is 8.20. The van der Waals surface area contributed by atoms with Gasteiger partial charge in [-0.1, -0.05) is 78.9 Å². The number of benzene rings is 3. The summed E-state index contributed by atoms with van der Waals surface area (Å²) in [6.45, 7) is 0.444. The fourth-order valence-electron chi connectivity index (χ4n) is 3.88. The Morgan fingerprint density at radius 3 is 2.11 bits per heavy atom. The molecule has 0 fully saturated rings. The van der Waals surface area contributed by atoms with Crippen LogP contribution >= 0.6 is 0 Å². The zero-order chi connectivity index (χ0) is 24.5. The molecule has 0 radical (unpaired) electrons. The van der Waals surface area contributed by atoms with Gasteiger partial charge in [0.2, 0.25) is 11.8 Å². The molecule has 0 bridgehead atoms. The summed E-state index contributed by atoms with van der Waals surface area (Å²) in [4.78, 5) is 32.9. The van der Waals surface area contributed by atoms with E-state index in [1.807, 2.05) is 66.7 Å². The summed E-state index contributed by atoms with van der Waals surface area (Å²) in [5, 5.41) is 2.96. The van der Waals surface area contributed by atoms with Crippen molar-refractivity contribution in [1.29, 1.82) is 0 Å². The van der Waals surface area contributed by atoms with E-state index in [9.17, 15) is 14.0 Å². The fourth-order valence-corrected chi connectivity index (χ4v) is 3.88. The Morgan fingerprint density at radius 1 is 0.800 bits per heavy atom. The second kappa shape index (κ2) is 11.7. The van der Waals surface area contributed by atoms with Gasteiger partial charge in [0.05, 0.1) is 6.42 Å². The lowest BCUT2D eigenvalue weighted by Crippen LogP contribution is -2.43. The molecule has 0 unspecified atom stereocenters. The lowest BCUT2D eigenvalue weighted by atomic mass is 10.0. The summed E-state index contributed by atoms with van der Waals surface area (Å²) in [5.74, 6) is -0.862. The smallest absolute Gasteiger partial charge is 0.247 e. The van der Waals surface area contributed by atoms with Crippen LogP contribution in [0.2, 0.25) is 0 Å². The number of nitrogens with one attached hydrogen (secondary N) is 1. The Kier molecular flexibility index (Phi) is 7.96. The first-order chi connectivity index (χ1) is 17.1. The van der Waals surface area contributed by atoms with Crippen LogP contribution < -0.4 is 5.32 Å². The van der Waals surface area contributed by atoms with E-state index in [0.29, 0.717) is 5.56 Å². The van der Waals surface area contributed by atoms with Crippen molar-refractivity contribution in [3.63, 3.8) is 0 Å². The molecule has 6 heteroatoms. The quantitative estimate of drug-likeness (QED) is 0.383. The normalized spacial score (nSPS) is 11.5. The molecule has 0 aliphatic carbocycles. The molecule has 0 aliphatic heterocycles.